The van der Waals surface area contributed by atoms with Gasteiger partial charge in [0.05, 0.1) is 0 Å². The van der Waals surface area contributed by atoms with Crippen LogP contribution in [-0.4, -0.2) is 0 Å². The molecule has 0 amide bonds. The van der Waals surface area contributed by atoms with Crippen LogP contribution in [0.5, 0.6) is 0 Å². The van der Waals surface area contributed by atoms with Gasteiger partial charge in [-0.3, -0.25) is 11.3 Å². The topological polar surface area (TPSA) is 38.0 Å². The van der Waals surface area contributed by atoms with Crippen LogP contribution in [0, 0.1) is 24.6 Å². The third kappa shape index (κ3) is 3.09. The van der Waals surface area contributed by atoms with Crippen molar-refractivity contribution in [3.63, 3.8) is 0 Å². The van der Waals surface area contributed by atoms with Crippen molar-refractivity contribution in [2.75, 3.05) is 0 Å². The Labute approximate surface area is 109 Å². The maximum atomic E-state index is 13.5. The van der Waals surface area contributed by atoms with Gasteiger partial charge in [-0.1, -0.05) is 25.8 Å². The highest BCUT2D eigenvalue weighted by Gasteiger charge is 2.26. The average Bonchev–Trinajstić information content (AvgIpc) is 2.31. The van der Waals surface area contributed by atoms with Gasteiger partial charge in [0.1, 0.15) is 5.82 Å². The number of aryl methyl sites for hydroxylation is 1. The van der Waals surface area contributed by atoms with Crippen LogP contribution >= 0.6 is 0 Å². The lowest BCUT2D eigenvalue weighted by atomic mass is 9.77. The molecule has 0 radical (unpaired) electrons. The SMILES string of the molecule is Cc1cc(F)cc(C(NN)C2CCC(C)CC2)c1. The lowest BCUT2D eigenvalue weighted by Gasteiger charge is -2.32. The van der Waals surface area contributed by atoms with E-state index in [2.05, 4.69) is 12.3 Å². The zero-order chi connectivity index (χ0) is 13.1. The Morgan fingerprint density at radius 3 is 2.44 bits per heavy atom. The molecule has 2 rings (SSSR count). The maximum Gasteiger partial charge on any atom is 0.123 e. The number of nitrogens with two attached hydrogens (primary N) is 1. The summed E-state index contributed by atoms with van der Waals surface area (Å²) in [6.07, 6.45) is 4.84. The fraction of sp³-hybridized carbons (Fsp3) is 0.600. The Bertz CT molecular complexity index is 377. The molecular formula is C15H23FN2. The minimum absolute atomic E-state index is 0.0758. The normalized spacial score (nSPS) is 26.0. The van der Waals surface area contributed by atoms with Gasteiger partial charge >= 0.3 is 0 Å². The summed E-state index contributed by atoms with van der Waals surface area (Å²) >= 11 is 0. The average molecular weight is 250 g/mol. The fourth-order valence-corrected chi connectivity index (χ4v) is 3.07. The van der Waals surface area contributed by atoms with Gasteiger partial charge in [0.25, 0.3) is 0 Å². The van der Waals surface area contributed by atoms with E-state index in [1.165, 1.54) is 25.7 Å². The van der Waals surface area contributed by atoms with Crippen LogP contribution < -0.4 is 11.3 Å². The van der Waals surface area contributed by atoms with Crippen molar-refractivity contribution in [3.8, 4) is 0 Å². The van der Waals surface area contributed by atoms with Gasteiger partial charge in [0, 0.05) is 6.04 Å². The van der Waals surface area contributed by atoms with Gasteiger partial charge in [-0.15, -0.1) is 0 Å². The third-order valence-corrected chi connectivity index (χ3v) is 4.14. The highest BCUT2D eigenvalue weighted by Crippen LogP contribution is 2.36. The Kier molecular flexibility index (Phi) is 4.36. The first-order valence-electron chi connectivity index (χ1n) is 6.83. The van der Waals surface area contributed by atoms with Gasteiger partial charge in [-0.2, -0.15) is 0 Å². The summed E-state index contributed by atoms with van der Waals surface area (Å²) in [6.45, 7) is 4.22. The number of hydrogen-bond donors (Lipinski definition) is 2. The summed E-state index contributed by atoms with van der Waals surface area (Å²) < 4.78 is 13.5. The molecule has 2 nitrogen and oxygen atoms in total. The summed E-state index contributed by atoms with van der Waals surface area (Å²) in [7, 11) is 0. The first-order valence-corrected chi connectivity index (χ1v) is 6.83. The molecule has 1 aromatic rings. The summed E-state index contributed by atoms with van der Waals surface area (Å²) in [5.74, 6) is 6.86. The second-order valence-corrected chi connectivity index (χ2v) is 5.73. The molecule has 3 heteroatoms. The van der Waals surface area contributed by atoms with E-state index in [4.69, 9.17) is 5.84 Å². The predicted molar refractivity (Wildman–Crippen MR) is 72.3 cm³/mol. The van der Waals surface area contributed by atoms with E-state index in [1.54, 1.807) is 12.1 Å². The lowest BCUT2D eigenvalue weighted by Crippen LogP contribution is -2.35. The van der Waals surface area contributed by atoms with Crippen LogP contribution in [0.1, 0.15) is 49.8 Å². The molecule has 3 N–H and O–H groups in total. The van der Waals surface area contributed by atoms with Crippen LogP contribution in [0.15, 0.2) is 18.2 Å². The minimum Gasteiger partial charge on any atom is -0.271 e. The van der Waals surface area contributed by atoms with Gasteiger partial charge in [-0.25, -0.2) is 4.39 Å². The predicted octanol–water partition coefficient (Wildman–Crippen LogP) is 3.46. The first-order chi connectivity index (χ1) is 8.60. The van der Waals surface area contributed by atoms with Crippen molar-refractivity contribution in [2.24, 2.45) is 17.7 Å². The van der Waals surface area contributed by atoms with Crippen molar-refractivity contribution in [3.05, 3.63) is 35.1 Å². The molecule has 1 aromatic carbocycles. The summed E-state index contributed by atoms with van der Waals surface area (Å²) in [4.78, 5) is 0. The number of hydrogen-bond acceptors (Lipinski definition) is 2. The molecule has 18 heavy (non-hydrogen) atoms. The molecule has 1 atom stereocenters. The number of halogens is 1. The molecule has 0 spiro atoms. The quantitative estimate of drug-likeness (QED) is 0.637. The van der Waals surface area contributed by atoms with Crippen molar-refractivity contribution in [1.29, 1.82) is 0 Å². The van der Waals surface area contributed by atoms with E-state index < -0.39 is 0 Å². The van der Waals surface area contributed by atoms with Crippen molar-refractivity contribution in [1.82, 2.24) is 5.43 Å². The van der Waals surface area contributed by atoms with E-state index in [9.17, 15) is 4.39 Å². The zero-order valence-electron chi connectivity index (χ0n) is 11.2. The van der Waals surface area contributed by atoms with Crippen molar-refractivity contribution in [2.45, 2.75) is 45.6 Å². The molecule has 1 saturated carbocycles. The zero-order valence-corrected chi connectivity index (χ0v) is 11.2. The molecule has 100 valence electrons. The first kappa shape index (κ1) is 13.5. The number of rotatable bonds is 3. The molecule has 0 saturated heterocycles. The Morgan fingerprint density at radius 1 is 1.22 bits per heavy atom. The lowest BCUT2D eigenvalue weighted by molar-refractivity contribution is 0.232. The van der Waals surface area contributed by atoms with Gasteiger partial charge in [0.15, 0.2) is 0 Å². The van der Waals surface area contributed by atoms with Crippen molar-refractivity contribution < 1.29 is 4.39 Å². The molecule has 0 aromatic heterocycles. The number of nitrogens with one attached hydrogen (secondary N) is 1. The van der Waals surface area contributed by atoms with Crippen LogP contribution in [0.3, 0.4) is 0 Å². The molecule has 1 aliphatic rings. The van der Waals surface area contributed by atoms with Crippen molar-refractivity contribution >= 4 is 0 Å². The fourth-order valence-electron chi connectivity index (χ4n) is 3.07. The van der Waals surface area contributed by atoms with Crippen LogP contribution in [-0.2, 0) is 0 Å². The largest absolute Gasteiger partial charge is 0.271 e. The van der Waals surface area contributed by atoms with E-state index in [-0.39, 0.29) is 11.9 Å². The number of hydrazine groups is 1. The van der Waals surface area contributed by atoms with Gasteiger partial charge in [0.2, 0.25) is 0 Å². The number of benzene rings is 1. The van der Waals surface area contributed by atoms with E-state index in [1.807, 2.05) is 13.0 Å². The minimum atomic E-state index is -0.172. The molecule has 1 aliphatic carbocycles. The third-order valence-electron chi connectivity index (χ3n) is 4.14. The van der Waals surface area contributed by atoms with Gasteiger partial charge < -0.3 is 0 Å². The van der Waals surface area contributed by atoms with Gasteiger partial charge in [-0.05, 0) is 54.9 Å². The van der Waals surface area contributed by atoms with Crippen LogP contribution in [0.2, 0.25) is 0 Å². The molecule has 0 aliphatic heterocycles. The highest BCUT2D eigenvalue weighted by atomic mass is 19.1. The molecular weight excluding hydrogens is 227 g/mol. The molecule has 1 fully saturated rings. The monoisotopic (exact) mass is 250 g/mol. The van der Waals surface area contributed by atoms with E-state index >= 15 is 0 Å². The van der Waals surface area contributed by atoms with E-state index in [0.717, 1.165) is 17.0 Å². The van der Waals surface area contributed by atoms with Crippen LogP contribution in [0.25, 0.3) is 0 Å². The Balaban J connectivity index is 2.17. The summed E-state index contributed by atoms with van der Waals surface area (Å²) in [5.41, 5.74) is 4.82. The molecule has 1 unspecified atom stereocenters. The van der Waals surface area contributed by atoms with Crippen LogP contribution in [0.4, 0.5) is 4.39 Å². The Hall–Kier alpha value is -0.930. The van der Waals surface area contributed by atoms with E-state index in [0.29, 0.717) is 5.92 Å². The second kappa shape index (κ2) is 5.81. The smallest absolute Gasteiger partial charge is 0.123 e. The maximum absolute atomic E-state index is 13.5. The summed E-state index contributed by atoms with van der Waals surface area (Å²) in [6, 6.07) is 5.27. The molecule has 0 bridgehead atoms. The Morgan fingerprint density at radius 2 is 1.89 bits per heavy atom. The summed E-state index contributed by atoms with van der Waals surface area (Å²) in [5, 5.41) is 0. The standard InChI is InChI=1S/C15H23FN2/c1-10-3-5-12(6-4-10)15(18-17)13-7-11(2)8-14(16)9-13/h7-10,12,15,18H,3-6,17H2,1-2H3. The second-order valence-electron chi connectivity index (χ2n) is 5.73. The highest BCUT2D eigenvalue weighted by molar-refractivity contribution is 5.26. The molecule has 0 heterocycles.